The summed E-state index contributed by atoms with van der Waals surface area (Å²) in [5, 5.41) is 6.26. The summed E-state index contributed by atoms with van der Waals surface area (Å²) in [4.78, 5) is 14.4. The number of hydrogen-bond donors (Lipinski definition) is 2. The van der Waals surface area contributed by atoms with E-state index in [1.807, 2.05) is 20.9 Å². The molecule has 0 spiro atoms. The molecule has 1 saturated heterocycles. The fourth-order valence-corrected chi connectivity index (χ4v) is 2.81. The Labute approximate surface area is 123 Å². The molecular weight excluding hydrogens is 250 g/mol. The third-order valence-electron chi connectivity index (χ3n) is 4.43. The van der Waals surface area contributed by atoms with Crippen LogP contribution >= 0.6 is 0 Å². The van der Waals surface area contributed by atoms with Crippen LogP contribution in [0, 0.1) is 18.3 Å². The number of rotatable bonds is 7. The molecule has 1 aliphatic rings. The molecule has 0 unspecified atom stereocenters. The molecule has 0 atom stereocenters. The minimum atomic E-state index is -0.471. The molecule has 0 saturated carbocycles. The van der Waals surface area contributed by atoms with Crippen LogP contribution in [-0.2, 0) is 4.79 Å². The van der Waals surface area contributed by atoms with Crippen molar-refractivity contribution in [2.45, 2.75) is 45.1 Å². The zero-order valence-electron chi connectivity index (χ0n) is 13.2. The molecule has 2 N–H and O–H groups in total. The van der Waals surface area contributed by atoms with Crippen LogP contribution in [0.1, 0.15) is 39.5 Å². The fourth-order valence-electron chi connectivity index (χ4n) is 2.81. The second-order valence-corrected chi connectivity index (χ2v) is 5.76. The largest absolute Gasteiger partial charge is 0.339 e. The molecule has 4 heteroatoms. The molecule has 1 aliphatic heterocycles. The topological polar surface area (TPSA) is 44.4 Å². The van der Waals surface area contributed by atoms with Crippen molar-refractivity contribution in [2.75, 3.05) is 33.2 Å². The number of piperidine rings is 1. The Bertz CT molecular complexity index is 336. The van der Waals surface area contributed by atoms with Crippen LogP contribution in [0.15, 0.2) is 0 Å². The number of likely N-dealkylation sites (tertiary alicyclic amines) is 1. The van der Waals surface area contributed by atoms with E-state index in [0.29, 0.717) is 6.54 Å². The van der Waals surface area contributed by atoms with Gasteiger partial charge in [-0.1, -0.05) is 19.8 Å². The second-order valence-electron chi connectivity index (χ2n) is 5.76. The van der Waals surface area contributed by atoms with Gasteiger partial charge >= 0.3 is 0 Å². The molecule has 0 aliphatic carbocycles. The molecule has 1 heterocycles. The van der Waals surface area contributed by atoms with E-state index in [9.17, 15) is 4.79 Å². The zero-order valence-corrected chi connectivity index (χ0v) is 13.2. The summed E-state index contributed by atoms with van der Waals surface area (Å²) >= 11 is 0. The predicted molar refractivity (Wildman–Crippen MR) is 83.4 cm³/mol. The summed E-state index contributed by atoms with van der Waals surface area (Å²) in [6, 6.07) is 0. The van der Waals surface area contributed by atoms with Crippen molar-refractivity contribution in [3.63, 3.8) is 0 Å². The van der Waals surface area contributed by atoms with Gasteiger partial charge < -0.3 is 10.6 Å². The highest BCUT2D eigenvalue weighted by Gasteiger charge is 2.27. The Morgan fingerprint density at radius 2 is 1.95 bits per heavy atom. The van der Waals surface area contributed by atoms with E-state index in [-0.39, 0.29) is 5.91 Å². The van der Waals surface area contributed by atoms with E-state index < -0.39 is 5.54 Å². The monoisotopic (exact) mass is 279 g/mol. The zero-order chi connectivity index (χ0) is 15.0. The first kappa shape index (κ1) is 17.0. The van der Waals surface area contributed by atoms with Gasteiger partial charge in [0.25, 0.3) is 0 Å². The summed E-state index contributed by atoms with van der Waals surface area (Å²) in [7, 11) is 1.99. The summed E-state index contributed by atoms with van der Waals surface area (Å²) < 4.78 is 0. The Morgan fingerprint density at radius 1 is 1.35 bits per heavy atom. The van der Waals surface area contributed by atoms with Crippen molar-refractivity contribution in [1.82, 2.24) is 15.5 Å². The lowest BCUT2D eigenvalue weighted by atomic mass is 9.93. The summed E-state index contributed by atoms with van der Waals surface area (Å²) in [5.74, 6) is 3.55. The maximum Gasteiger partial charge on any atom is 0.235 e. The van der Waals surface area contributed by atoms with Gasteiger partial charge in [-0.15, -0.1) is 6.42 Å². The quantitative estimate of drug-likeness (QED) is 0.689. The second kappa shape index (κ2) is 8.28. The molecule has 1 rings (SSSR count). The first-order valence-corrected chi connectivity index (χ1v) is 7.74. The number of nitrogens with zero attached hydrogens (tertiary/aromatic N) is 1. The van der Waals surface area contributed by atoms with Gasteiger partial charge in [-0.05, 0) is 58.3 Å². The average molecular weight is 279 g/mol. The molecule has 1 amide bonds. The molecule has 0 bridgehead atoms. The Morgan fingerprint density at radius 3 is 2.40 bits per heavy atom. The van der Waals surface area contributed by atoms with Gasteiger partial charge in [-0.2, -0.15) is 0 Å². The number of hydrogen-bond acceptors (Lipinski definition) is 3. The molecule has 1 fully saturated rings. The van der Waals surface area contributed by atoms with Gasteiger partial charge in [0.05, 0.1) is 6.54 Å². The average Bonchev–Trinajstić information content (AvgIpc) is 2.47. The molecule has 4 nitrogen and oxygen atoms in total. The number of nitrogens with one attached hydrogen (secondary N) is 2. The van der Waals surface area contributed by atoms with Gasteiger partial charge in [0, 0.05) is 0 Å². The standard InChI is InChI=1S/C16H29N3O/c1-5-16(6-2,7-3)18-15(20)13-19-10-8-14(9-11-19)12-17-4/h1,14,17H,6-13H2,2-4H3,(H,18,20). The summed E-state index contributed by atoms with van der Waals surface area (Å²) in [6.07, 6.45) is 9.45. The van der Waals surface area contributed by atoms with Crippen LogP contribution in [0.25, 0.3) is 0 Å². The van der Waals surface area contributed by atoms with Gasteiger partial charge in [-0.25, -0.2) is 0 Å². The minimum Gasteiger partial charge on any atom is -0.339 e. The van der Waals surface area contributed by atoms with Crippen LogP contribution in [-0.4, -0.2) is 49.6 Å². The lowest BCUT2D eigenvalue weighted by Gasteiger charge is -2.33. The third kappa shape index (κ3) is 4.81. The lowest BCUT2D eigenvalue weighted by Crippen LogP contribution is -2.51. The Hall–Kier alpha value is -1.05. The highest BCUT2D eigenvalue weighted by Crippen LogP contribution is 2.17. The van der Waals surface area contributed by atoms with Crippen molar-refractivity contribution >= 4 is 5.91 Å². The van der Waals surface area contributed by atoms with Crippen molar-refractivity contribution in [3.8, 4) is 12.3 Å². The predicted octanol–water partition coefficient (Wildman–Crippen LogP) is 1.23. The normalized spacial score (nSPS) is 17.7. The molecule has 0 aromatic carbocycles. The van der Waals surface area contributed by atoms with Crippen molar-refractivity contribution in [1.29, 1.82) is 0 Å². The molecule has 114 valence electrons. The van der Waals surface area contributed by atoms with E-state index in [1.165, 1.54) is 0 Å². The maximum absolute atomic E-state index is 12.2. The molecule has 0 aromatic heterocycles. The first-order chi connectivity index (χ1) is 9.59. The smallest absolute Gasteiger partial charge is 0.235 e. The number of carbonyl (C=O) groups excluding carboxylic acids is 1. The fraction of sp³-hybridized carbons (Fsp3) is 0.812. The van der Waals surface area contributed by atoms with Crippen molar-refractivity contribution < 1.29 is 4.79 Å². The highest BCUT2D eigenvalue weighted by molar-refractivity contribution is 5.79. The Balaban J connectivity index is 2.39. The molecule has 20 heavy (non-hydrogen) atoms. The van der Waals surface area contributed by atoms with Gasteiger partial charge in [-0.3, -0.25) is 9.69 Å². The van der Waals surface area contributed by atoms with Crippen LogP contribution in [0.3, 0.4) is 0 Å². The molecular formula is C16H29N3O. The number of amides is 1. The van der Waals surface area contributed by atoms with E-state index in [0.717, 1.165) is 51.2 Å². The minimum absolute atomic E-state index is 0.0544. The van der Waals surface area contributed by atoms with Crippen LogP contribution in [0.4, 0.5) is 0 Å². The summed E-state index contributed by atoms with van der Waals surface area (Å²) in [6.45, 7) is 7.59. The highest BCUT2D eigenvalue weighted by atomic mass is 16.2. The van der Waals surface area contributed by atoms with E-state index in [2.05, 4.69) is 21.5 Å². The maximum atomic E-state index is 12.2. The van der Waals surface area contributed by atoms with Gasteiger partial charge in [0.2, 0.25) is 5.91 Å². The molecule has 0 aromatic rings. The van der Waals surface area contributed by atoms with Gasteiger partial charge in [0.1, 0.15) is 5.54 Å². The van der Waals surface area contributed by atoms with Crippen molar-refractivity contribution in [3.05, 3.63) is 0 Å². The summed E-state index contributed by atoms with van der Waals surface area (Å²) in [5.41, 5.74) is -0.471. The number of terminal acetylenes is 1. The SMILES string of the molecule is C#CC(CC)(CC)NC(=O)CN1CCC(CNC)CC1. The Kier molecular flexibility index (Phi) is 7.04. The molecule has 0 radical (unpaired) electrons. The van der Waals surface area contributed by atoms with E-state index in [4.69, 9.17) is 6.42 Å². The number of carbonyl (C=O) groups is 1. The van der Waals surface area contributed by atoms with Crippen LogP contribution < -0.4 is 10.6 Å². The van der Waals surface area contributed by atoms with Gasteiger partial charge in [0.15, 0.2) is 0 Å². The lowest BCUT2D eigenvalue weighted by molar-refractivity contribution is -0.124. The third-order valence-corrected chi connectivity index (χ3v) is 4.43. The van der Waals surface area contributed by atoms with Crippen LogP contribution in [0.2, 0.25) is 0 Å². The van der Waals surface area contributed by atoms with Crippen LogP contribution in [0.5, 0.6) is 0 Å². The van der Waals surface area contributed by atoms with E-state index in [1.54, 1.807) is 0 Å². The first-order valence-electron chi connectivity index (χ1n) is 7.74. The van der Waals surface area contributed by atoms with E-state index >= 15 is 0 Å². The van der Waals surface area contributed by atoms with Crippen molar-refractivity contribution in [2.24, 2.45) is 5.92 Å².